The minimum absolute atomic E-state index is 0.00222. The summed E-state index contributed by atoms with van der Waals surface area (Å²) in [6, 6.07) is 8.32. The average molecular weight is 286 g/mol. The van der Waals surface area contributed by atoms with Gasteiger partial charge < -0.3 is 15.0 Å². The van der Waals surface area contributed by atoms with Crippen LogP contribution in [0.25, 0.3) is 11.0 Å². The number of benzene rings is 1. The first kappa shape index (κ1) is 14.0. The predicted molar refractivity (Wildman–Crippen MR) is 83.1 cm³/mol. The molecule has 2 aromatic rings. The smallest absolute Gasteiger partial charge is 0.207 e. The van der Waals surface area contributed by atoms with Gasteiger partial charge in [0.1, 0.15) is 5.58 Å². The Morgan fingerprint density at radius 1 is 1.24 bits per heavy atom. The number of para-hydroxylation sites is 1. The molecule has 0 radical (unpaired) electrons. The van der Waals surface area contributed by atoms with Gasteiger partial charge in [-0.1, -0.05) is 32.0 Å². The van der Waals surface area contributed by atoms with Gasteiger partial charge in [-0.3, -0.25) is 0 Å². The van der Waals surface area contributed by atoms with Crippen LogP contribution in [-0.2, 0) is 4.84 Å². The fourth-order valence-electron chi connectivity index (χ4n) is 3.04. The van der Waals surface area contributed by atoms with Crippen molar-refractivity contribution in [2.75, 3.05) is 0 Å². The molecule has 2 N–H and O–H groups in total. The Labute approximate surface area is 125 Å². The summed E-state index contributed by atoms with van der Waals surface area (Å²) in [6.45, 7) is 6.60. The Morgan fingerprint density at radius 2 is 2.00 bits per heavy atom. The fraction of sp³-hybridized carbons (Fsp3) is 0.412. The molecule has 0 saturated heterocycles. The number of furan rings is 1. The van der Waals surface area contributed by atoms with E-state index in [1.807, 2.05) is 35.6 Å². The maximum Gasteiger partial charge on any atom is 0.207 e. The SMILES string of the molecule is CC(C)CC(C)N1OC(N)=CC1c1coc2ccccc12. The summed E-state index contributed by atoms with van der Waals surface area (Å²) in [5.41, 5.74) is 7.89. The standard InChI is InChI=1S/C17H22N2O2/c1-11(2)8-12(3)19-15(9-17(18)21-19)14-10-20-16-7-5-4-6-13(14)16/h4-7,9-12,15H,8,18H2,1-3H3. The molecule has 1 aromatic carbocycles. The fourth-order valence-corrected chi connectivity index (χ4v) is 3.04. The van der Waals surface area contributed by atoms with Crippen molar-refractivity contribution < 1.29 is 9.25 Å². The summed E-state index contributed by atoms with van der Waals surface area (Å²) in [5, 5.41) is 3.09. The number of hydrogen-bond acceptors (Lipinski definition) is 4. The zero-order valence-corrected chi connectivity index (χ0v) is 12.7. The van der Waals surface area contributed by atoms with Gasteiger partial charge in [0, 0.05) is 23.1 Å². The van der Waals surface area contributed by atoms with E-state index in [1.165, 1.54) is 0 Å². The average Bonchev–Trinajstić information content (AvgIpc) is 3.01. The molecule has 0 saturated carbocycles. The Kier molecular flexibility index (Phi) is 3.64. The van der Waals surface area contributed by atoms with Crippen molar-refractivity contribution in [3.05, 3.63) is 48.1 Å². The van der Waals surface area contributed by atoms with E-state index >= 15 is 0 Å². The molecule has 0 amide bonds. The molecular formula is C17H22N2O2. The predicted octanol–water partition coefficient (Wildman–Crippen LogP) is 3.96. The summed E-state index contributed by atoms with van der Waals surface area (Å²) in [4.78, 5) is 5.74. The van der Waals surface area contributed by atoms with Crippen LogP contribution in [0.4, 0.5) is 0 Å². The second-order valence-corrected chi connectivity index (χ2v) is 6.13. The number of rotatable bonds is 4. The molecule has 2 atom stereocenters. The van der Waals surface area contributed by atoms with Crippen LogP contribution >= 0.6 is 0 Å². The zero-order valence-electron chi connectivity index (χ0n) is 12.7. The number of hydroxylamine groups is 2. The molecule has 2 heterocycles. The monoisotopic (exact) mass is 286 g/mol. The molecular weight excluding hydrogens is 264 g/mol. The van der Waals surface area contributed by atoms with Crippen LogP contribution in [0.15, 0.2) is 46.9 Å². The molecule has 0 spiro atoms. The van der Waals surface area contributed by atoms with Gasteiger partial charge in [0.15, 0.2) is 0 Å². The van der Waals surface area contributed by atoms with Crippen molar-refractivity contribution in [2.24, 2.45) is 11.7 Å². The lowest BCUT2D eigenvalue weighted by Crippen LogP contribution is -2.33. The quantitative estimate of drug-likeness (QED) is 0.924. The summed E-state index contributed by atoms with van der Waals surface area (Å²) in [5.74, 6) is 1.06. The van der Waals surface area contributed by atoms with Gasteiger partial charge in [0.05, 0.1) is 12.3 Å². The Hall–Kier alpha value is -1.94. The van der Waals surface area contributed by atoms with E-state index in [-0.39, 0.29) is 12.1 Å². The number of hydrogen-bond donors (Lipinski definition) is 1. The van der Waals surface area contributed by atoms with Gasteiger partial charge in [-0.15, -0.1) is 5.06 Å². The van der Waals surface area contributed by atoms with Crippen LogP contribution in [0.3, 0.4) is 0 Å². The lowest BCUT2D eigenvalue weighted by atomic mass is 10.0. The van der Waals surface area contributed by atoms with Crippen LogP contribution in [0.1, 0.15) is 38.8 Å². The minimum atomic E-state index is 0.00222. The van der Waals surface area contributed by atoms with Crippen molar-refractivity contribution in [1.82, 2.24) is 5.06 Å². The molecule has 1 aromatic heterocycles. The molecule has 0 aliphatic carbocycles. The summed E-state index contributed by atoms with van der Waals surface area (Å²) in [7, 11) is 0. The molecule has 0 fully saturated rings. The lowest BCUT2D eigenvalue weighted by Gasteiger charge is -2.29. The molecule has 21 heavy (non-hydrogen) atoms. The molecule has 1 aliphatic rings. The molecule has 4 heteroatoms. The summed E-state index contributed by atoms with van der Waals surface area (Å²) in [6.07, 6.45) is 4.81. The van der Waals surface area contributed by atoms with Crippen molar-refractivity contribution >= 4 is 11.0 Å². The lowest BCUT2D eigenvalue weighted by molar-refractivity contribution is -0.151. The molecule has 1 aliphatic heterocycles. The number of nitrogens with two attached hydrogens (primary N) is 1. The van der Waals surface area contributed by atoms with E-state index in [1.54, 1.807) is 0 Å². The maximum absolute atomic E-state index is 5.90. The largest absolute Gasteiger partial charge is 0.464 e. The zero-order chi connectivity index (χ0) is 15.0. The second-order valence-electron chi connectivity index (χ2n) is 6.13. The second kappa shape index (κ2) is 5.45. The third-order valence-electron chi connectivity index (χ3n) is 3.88. The van der Waals surface area contributed by atoms with Gasteiger partial charge in [0.2, 0.25) is 5.88 Å². The van der Waals surface area contributed by atoms with Gasteiger partial charge >= 0.3 is 0 Å². The van der Waals surface area contributed by atoms with E-state index in [2.05, 4.69) is 26.8 Å². The van der Waals surface area contributed by atoms with Crippen molar-refractivity contribution in [2.45, 2.75) is 39.3 Å². The van der Waals surface area contributed by atoms with Crippen LogP contribution in [-0.4, -0.2) is 11.1 Å². The van der Waals surface area contributed by atoms with Gasteiger partial charge in [-0.2, -0.15) is 0 Å². The Balaban J connectivity index is 1.94. The third-order valence-corrected chi connectivity index (χ3v) is 3.88. The van der Waals surface area contributed by atoms with Gasteiger partial charge in [-0.05, 0) is 25.3 Å². The first-order valence-corrected chi connectivity index (χ1v) is 7.46. The molecule has 0 bridgehead atoms. The first-order chi connectivity index (χ1) is 10.1. The highest BCUT2D eigenvalue weighted by Crippen LogP contribution is 2.37. The van der Waals surface area contributed by atoms with Crippen LogP contribution in [0.2, 0.25) is 0 Å². The van der Waals surface area contributed by atoms with E-state index in [0.717, 1.165) is 23.0 Å². The van der Waals surface area contributed by atoms with Crippen LogP contribution in [0, 0.1) is 5.92 Å². The van der Waals surface area contributed by atoms with E-state index in [0.29, 0.717) is 11.8 Å². The Morgan fingerprint density at radius 3 is 2.76 bits per heavy atom. The van der Waals surface area contributed by atoms with E-state index in [4.69, 9.17) is 15.0 Å². The van der Waals surface area contributed by atoms with Crippen LogP contribution < -0.4 is 5.73 Å². The highest BCUT2D eigenvalue weighted by atomic mass is 16.7. The number of fused-ring (bicyclic) bond motifs is 1. The molecule has 2 unspecified atom stereocenters. The van der Waals surface area contributed by atoms with Crippen molar-refractivity contribution in [3.63, 3.8) is 0 Å². The minimum Gasteiger partial charge on any atom is -0.464 e. The normalized spacial score (nSPS) is 20.8. The maximum atomic E-state index is 5.90. The first-order valence-electron chi connectivity index (χ1n) is 7.46. The number of nitrogens with zero attached hydrogens (tertiary/aromatic N) is 1. The summed E-state index contributed by atoms with van der Waals surface area (Å²) < 4.78 is 5.65. The highest BCUT2D eigenvalue weighted by molar-refractivity contribution is 5.81. The topological polar surface area (TPSA) is 51.6 Å². The van der Waals surface area contributed by atoms with Gasteiger partial charge in [0.25, 0.3) is 0 Å². The molecule has 4 nitrogen and oxygen atoms in total. The third kappa shape index (κ3) is 2.63. The van der Waals surface area contributed by atoms with E-state index < -0.39 is 0 Å². The van der Waals surface area contributed by atoms with E-state index in [9.17, 15) is 0 Å². The molecule has 3 rings (SSSR count). The molecule has 112 valence electrons. The summed E-state index contributed by atoms with van der Waals surface area (Å²) >= 11 is 0. The Bertz CT molecular complexity index is 660. The highest BCUT2D eigenvalue weighted by Gasteiger charge is 2.33. The van der Waals surface area contributed by atoms with Crippen molar-refractivity contribution in [1.29, 1.82) is 0 Å². The van der Waals surface area contributed by atoms with Gasteiger partial charge in [-0.25, -0.2) is 0 Å². The van der Waals surface area contributed by atoms with Crippen LogP contribution in [0.5, 0.6) is 0 Å². The van der Waals surface area contributed by atoms with Crippen molar-refractivity contribution in [3.8, 4) is 0 Å².